The maximum absolute atomic E-state index is 6.17. The zero-order valence-electron chi connectivity index (χ0n) is 12.3. The van der Waals surface area contributed by atoms with E-state index < -0.39 is 0 Å². The zero-order chi connectivity index (χ0) is 13.5. The summed E-state index contributed by atoms with van der Waals surface area (Å²) in [5, 5.41) is 4.01. The van der Waals surface area contributed by atoms with Crippen LogP contribution in [-0.2, 0) is 0 Å². The Hall–Kier alpha value is -0.440. The van der Waals surface area contributed by atoms with Crippen LogP contribution in [0.15, 0.2) is 12.1 Å². The van der Waals surface area contributed by atoms with Crippen molar-refractivity contribution in [2.24, 2.45) is 0 Å². The van der Waals surface area contributed by atoms with E-state index in [9.17, 15) is 0 Å². The van der Waals surface area contributed by atoms with Crippen molar-refractivity contribution >= 4 is 24.0 Å². The molecule has 19 heavy (non-hydrogen) atoms. The standard InChI is InChI=1S/C15H24ClNO.ClH/c1-5-6-13(7-8-17-4)18-14-9-11(2)15(16)12(3)10-14;/h9-10,13,17H,5-8H2,1-4H3;1H/t13-;/m0./s1. The van der Waals surface area contributed by atoms with Crippen LogP contribution in [0.3, 0.4) is 0 Å². The van der Waals surface area contributed by atoms with E-state index in [-0.39, 0.29) is 18.5 Å². The first-order valence-corrected chi connectivity index (χ1v) is 7.04. The van der Waals surface area contributed by atoms with E-state index in [4.69, 9.17) is 16.3 Å². The van der Waals surface area contributed by atoms with Gasteiger partial charge in [0.05, 0.1) is 6.10 Å². The maximum atomic E-state index is 6.17. The summed E-state index contributed by atoms with van der Waals surface area (Å²) < 4.78 is 6.07. The molecule has 0 spiro atoms. The highest BCUT2D eigenvalue weighted by atomic mass is 35.5. The van der Waals surface area contributed by atoms with Gasteiger partial charge in [-0.3, -0.25) is 0 Å². The van der Waals surface area contributed by atoms with E-state index >= 15 is 0 Å². The number of hydrogen-bond acceptors (Lipinski definition) is 2. The molecule has 0 heterocycles. The van der Waals surface area contributed by atoms with Crippen molar-refractivity contribution in [3.05, 3.63) is 28.3 Å². The molecule has 0 aliphatic rings. The predicted octanol–water partition coefficient (Wildman–Crippen LogP) is 4.54. The number of hydrogen-bond donors (Lipinski definition) is 1. The maximum Gasteiger partial charge on any atom is 0.120 e. The van der Waals surface area contributed by atoms with Gasteiger partial charge in [0.1, 0.15) is 5.75 Å². The van der Waals surface area contributed by atoms with Gasteiger partial charge in [-0.1, -0.05) is 24.9 Å². The zero-order valence-corrected chi connectivity index (χ0v) is 13.8. The fraction of sp³-hybridized carbons (Fsp3) is 0.600. The average molecular weight is 306 g/mol. The van der Waals surface area contributed by atoms with Crippen LogP contribution in [0.2, 0.25) is 5.02 Å². The van der Waals surface area contributed by atoms with Gasteiger partial charge in [0.2, 0.25) is 0 Å². The predicted molar refractivity (Wildman–Crippen MR) is 86.0 cm³/mol. The summed E-state index contributed by atoms with van der Waals surface area (Å²) in [6.45, 7) is 7.21. The van der Waals surface area contributed by atoms with E-state index in [1.54, 1.807) is 0 Å². The quantitative estimate of drug-likeness (QED) is 0.799. The van der Waals surface area contributed by atoms with Gasteiger partial charge in [-0.2, -0.15) is 0 Å². The smallest absolute Gasteiger partial charge is 0.120 e. The van der Waals surface area contributed by atoms with Crippen LogP contribution >= 0.6 is 24.0 Å². The molecule has 0 aromatic heterocycles. The lowest BCUT2D eigenvalue weighted by Gasteiger charge is -2.19. The Balaban J connectivity index is 0.00000324. The van der Waals surface area contributed by atoms with Crippen LogP contribution in [-0.4, -0.2) is 19.7 Å². The van der Waals surface area contributed by atoms with E-state index in [1.807, 2.05) is 33.0 Å². The van der Waals surface area contributed by atoms with Crippen molar-refractivity contribution in [1.29, 1.82) is 0 Å². The molecule has 1 aromatic carbocycles. The fourth-order valence-corrected chi connectivity index (χ4v) is 2.17. The van der Waals surface area contributed by atoms with Gasteiger partial charge in [0.25, 0.3) is 0 Å². The van der Waals surface area contributed by atoms with Crippen LogP contribution < -0.4 is 10.1 Å². The van der Waals surface area contributed by atoms with E-state index in [0.717, 1.165) is 47.7 Å². The SMILES string of the molecule is CCC[C@@H](CCNC)Oc1cc(C)c(Cl)c(C)c1.Cl. The average Bonchev–Trinajstić information content (AvgIpc) is 2.33. The molecular formula is C15H25Cl2NO. The third kappa shape index (κ3) is 6.03. The molecule has 0 fully saturated rings. The molecule has 0 saturated heterocycles. The Morgan fingerprint density at radius 2 is 1.79 bits per heavy atom. The number of rotatable bonds is 7. The van der Waals surface area contributed by atoms with Gasteiger partial charge in [-0.25, -0.2) is 0 Å². The molecule has 0 radical (unpaired) electrons. The summed E-state index contributed by atoms with van der Waals surface area (Å²) in [6.07, 6.45) is 3.54. The van der Waals surface area contributed by atoms with E-state index in [1.165, 1.54) is 0 Å². The largest absolute Gasteiger partial charge is 0.490 e. The Morgan fingerprint density at radius 3 is 2.26 bits per heavy atom. The molecule has 0 unspecified atom stereocenters. The Labute approximate surface area is 128 Å². The highest BCUT2D eigenvalue weighted by Gasteiger charge is 2.11. The summed E-state index contributed by atoms with van der Waals surface area (Å²) in [5.41, 5.74) is 2.16. The third-order valence-corrected chi connectivity index (χ3v) is 3.64. The van der Waals surface area contributed by atoms with E-state index in [0.29, 0.717) is 0 Å². The van der Waals surface area contributed by atoms with Gasteiger partial charge in [0, 0.05) is 5.02 Å². The summed E-state index contributed by atoms with van der Waals surface area (Å²) >= 11 is 6.17. The molecule has 1 N–H and O–H groups in total. The lowest BCUT2D eigenvalue weighted by atomic mass is 10.1. The van der Waals surface area contributed by atoms with Crippen molar-refractivity contribution in [3.63, 3.8) is 0 Å². The van der Waals surface area contributed by atoms with Gasteiger partial charge >= 0.3 is 0 Å². The van der Waals surface area contributed by atoms with Crippen LogP contribution in [0.1, 0.15) is 37.3 Å². The first-order chi connectivity index (χ1) is 8.58. The molecule has 0 bridgehead atoms. The van der Waals surface area contributed by atoms with Crippen molar-refractivity contribution in [3.8, 4) is 5.75 Å². The van der Waals surface area contributed by atoms with Gasteiger partial charge in [0.15, 0.2) is 0 Å². The second-order valence-electron chi connectivity index (χ2n) is 4.79. The normalized spacial score (nSPS) is 11.8. The molecule has 110 valence electrons. The van der Waals surface area contributed by atoms with Crippen LogP contribution in [0.5, 0.6) is 5.75 Å². The van der Waals surface area contributed by atoms with Crippen LogP contribution in [0.4, 0.5) is 0 Å². The van der Waals surface area contributed by atoms with Gasteiger partial charge in [-0.05, 0) is 63.5 Å². The molecule has 0 saturated carbocycles. The molecule has 1 rings (SSSR count). The van der Waals surface area contributed by atoms with E-state index in [2.05, 4.69) is 12.2 Å². The van der Waals surface area contributed by atoms with Gasteiger partial charge in [-0.15, -0.1) is 12.4 Å². The fourth-order valence-electron chi connectivity index (χ4n) is 2.06. The summed E-state index contributed by atoms with van der Waals surface area (Å²) in [5.74, 6) is 0.934. The molecule has 0 amide bonds. The summed E-state index contributed by atoms with van der Waals surface area (Å²) in [6, 6.07) is 4.05. The van der Waals surface area contributed by atoms with Gasteiger partial charge < -0.3 is 10.1 Å². The molecule has 0 aliphatic heterocycles. The number of benzene rings is 1. The second-order valence-corrected chi connectivity index (χ2v) is 5.17. The lowest BCUT2D eigenvalue weighted by molar-refractivity contribution is 0.180. The topological polar surface area (TPSA) is 21.3 Å². The molecule has 2 nitrogen and oxygen atoms in total. The van der Waals surface area contributed by atoms with Crippen molar-refractivity contribution < 1.29 is 4.74 Å². The van der Waals surface area contributed by atoms with Crippen molar-refractivity contribution in [2.45, 2.75) is 46.1 Å². The summed E-state index contributed by atoms with van der Waals surface area (Å²) in [7, 11) is 1.97. The highest BCUT2D eigenvalue weighted by Crippen LogP contribution is 2.27. The Morgan fingerprint density at radius 1 is 1.21 bits per heavy atom. The first-order valence-electron chi connectivity index (χ1n) is 6.66. The molecule has 0 aliphatic carbocycles. The Bertz CT molecular complexity index is 359. The van der Waals surface area contributed by atoms with Crippen LogP contribution in [0.25, 0.3) is 0 Å². The number of nitrogens with one attached hydrogen (secondary N) is 1. The third-order valence-electron chi connectivity index (χ3n) is 3.04. The lowest BCUT2D eigenvalue weighted by Crippen LogP contribution is -2.22. The summed E-state index contributed by atoms with van der Waals surface area (Å²) in [4.78, 5) is 0. The number of halogens is 2. The van der Waals surface area contributed by atoms with Crippen molar-refractivity contribution in [2.75, 3.05) is 13.6 Å². The second kappa shape index (κ2) is 9.46. The molecular weight excluding hydrogens is 281 g/mol. The number of ether oxygens (including phenoxy) is 1. The van der Waals surface area contributed by atoms with Crippen molar-refractivity contribution in [1.82, 2.24) is 5.32 Å². The Kier molecular flexibility index (Phi) is 9.24. The first kappa shape index (κ1) is 18.6. The minimum atomic E-state index is 0. The molecule has 1 atom stereocenters. The highest BCUT2D eigenvalue weighted by molar-refractivity contribution is 6.32. The van der Waals surface area contributed by atoms with Crippen LogP contribution in [0, 0.1) is 13.8 Å². The molecule has 1 aromatic rings. The number of aryl methyl sites for hydroxylation is 2. The molecule has 4 heteroatoms. The monoisotopic (exact) mass is 305 g/mol. The minimum absolute atomic E-state index is 0. The minimum Gasteiger partial charge on any atom is -0.490 e.